The zero-order chi connectivity index (χ0) is 16.9. The number of ether oxygens (including phenoxy) is 1. The molecule has 2 aromatic rings. The SMILES string of the molecule is Cc1cc(C)cc(NC(N)=NCc2ccccc2OCC2CC2)c1. The highest BCUT2D eigenvalue weighted by Gasteiger charge is 2.22. The first-order chi connectivity index (χ1) is 11.6. The van der Waals surface area contributed by atoms with Crippen LogP contribution in [0.25, 0.3) is 0 Å². The lowest BCUT2D eigenvalue weighted by Crippen LogP contribution is -2.22. The van der Waals surface area contributed by atoms with E-state index < -0.39 is 0 Å². The number of rotatable bonds is 6. The van der Waals surface area contributed by atoms with Crippen molar-refractivity contribution in [3.05, 3.63) is 59.2 Å². The normalized spacial score (nSPS) is 14.5. The fourth-order valence-corrected chi connectivity index (χ4v) is 2.67. The monoisotopic (exact) mass is 323 g/mol. The van der Waals surface area contributed by atoms with Crippen LogP contribution < -0.4 is 15.8 Å². The van der Waals surface area contributed by atoms with Crippen molar-refractivity contribution in [1.82, 2.24) is 0 Å². The van der Waals surface area contributed by atoms with Crippen LogP contribution >= 0.6 is 0 Å². The van der Waals surface area contributed by atoms with E-state index in [1.54, 1.807) is 0 Å². The molecule has 0 aliphatic heterocycles. The maximum absolute atomic E-state index is 6.03. The van der Waals surface area contributed by atoms with Crippen LogP contribution in [0.15, 0.2) is 47.5 Å². The maximum Gasteiger partial charge on any atom is 0.193 e. The van der Waals surface area contributed by atoms with Crippen LogP contribution in [0, 0.1) is 19.8 Å². The lowest BCUT2D eigenvalue weighted by atomic mass is 10.1. The molecule has 0 saturated heterocycles. The third kappa shape index (κ3) is 4.75. The first kappa shape index (κ1) is 16.4. The second-order valence-corrected chi connectivity index (χ2v) is 6.56. The minimum absolute atomic E-state index is 0.414. The van der Waals surface area contributed by atoms with E-state index in [2.05, 4.69) is 42.4 Å². The quantitative estimate of drug-likeness (QED) is 0.623. The summed E-state index contributed by atoms with van der Waals surface area (Å²) < 4.78 is 5.91. The molecule has 1 aliphatic carbocycles. The van der Waals surface area contributed by atoms with Gasteiger partial charge in [-0.25, -0.2) is 4.99 Å². The molecular weight excluding hydrogens is 298 g/mol. The van der Waals surface area contributed by atoms with Gasteiger partial charge in [0.05, 0.1) is 13.2 Å². The van der Waals surface area contributed by atoms with Crippen LogP contribution in [0.3, 0.4) is 0 Å². The molecule has 1 fully saturated rings. The number of benzene rings is 2. The predicted octanol–water partition coefficient (Wildman–Crippen LogP) is 4.02. The van der Waals surface area contributed by atoms with Crippen LogP contribution in [0.1, 0.15) is 29.5 Å². The molecule has 3 N–H and O–H groups in total. The number of hydrogen-bond donors (Lipinski definition) is 2. The number of nitrogens with zero attached hydrogens (tertiary/aromatic N) is 1. The summed E-state index contributed by atoms with van der Waals surface area (Å²) in [6.45, 7) is 5.44. The molecule has 0 bridgehead atoms. The zero-order valence-corrected chi connectivity index (χ0v) is 14.4. The summed E-state index contributed by atoms with van der Waals surface area (Å²) in [5, 5.41) is 3.16. The zero-order valence-electron chi connectivity index (χ0n) is 14.4. The van der Waals surface area contributed by atoms with Gasteiger partial charge in [-0.1, -0.05) is 24.3 Å². The number of aliphatic imine (C=N–C) groups is 1. The molecule has 0 unspecified atom stereocenters. The highest BCUT2D eigenvalue weighted by Crippen LogP contribution is 2.30. The van der Waals surface area contributed by atoms with Gasteiger partial charge in [0.25, 0.3) is 0 Å². The van der Waals surface area contributed by atoms with Gasteiger partial charge in [0.2, 0.25) is 0 Å². The largest absolute Gasteiger partial charge is 0.493 e. The first-order valence-electron chi connectivity index (χ1n) is 8.46. The molecular formula is C20H25N3O. The van der Waals surface area contributed by atoms with E-state index in [1.165, 1.54) is 24.0 Å². The number of para-hydroxylation sites is 1. The molecule has 3 rings (SSSR count). The third-order valence-electron chi connectivity index (χ3n) is 4.06. The molecule has 2 aromatic carbocycles. The smallest absolute Gasteiger partial charge is 0.193 e. The Labute approximate surface area is 143 Å². The summed E-state index contributed by atoms with van der Waals surface area (Å²) in [6, 6.07) is 14.3. The maximum atomic E-state index is 6.03. The lowest BCUT2D eigenvalue weighted by Gasteiger charge is -2.11. The van der Waals surface area contributed by atoms with Gasteiger partial charge < -0.3 is 15.8 Å². The number of aryl methyl sites for hydroxylation is 2. The number of nitrogens with two attached hydrogens (primary N) is 1. The summed E-state index contributed by atoms with van der Waals surface area (Å²) >= 11 is 0. The van der Waals surface area contributed by atoms with E-state index in [-0.39, 0.29) is 0 Å². The molecule has 4 heteroatoms. The molecule has 0 spiro atoms. The summed E-state index contributed by atoms with van der Waals surface area (Å²) in [5.41, 5.74) is 10.5. The molecule has 0 radical (unpaired) electrons. The standard InChI is InChI=1S/C20H25N3O/c1-14-9-15(2)11-18(10-14)23-20(21)22-12-17-5-3-4-6-19(17)24-13-16-7-8-16/h3-6,9-11,16H,7-8,12-13H2,1-2H3,(H3,21,22,23). The van der Waals surface area contributed by atoms with Crippen LogP contribution in [0.5, 0.6) is 5.75 Å². The van der Waals surface area contributed by atoms with Crippen molar-refractivity contribution in [2.75, 3.05) is 11.9 Å². The first-order valence-corrected chi connectivity index (χ1v) is 8.46. The minimum Gasteiger partial charge on any atom is -0.493 e. The van der Waals surface area contributed by atoms with E-state index in [9.17, 15) is 0 Å². The van der Waals surface area contributed by atoms with Gasteiger partial charge in [-0.15, -0.1) is 0 Å². The minimum atomic E-state index is 0.414. The topological polar surface area (TPSA) is 59.6 Å². The van der Waals surface area contributed by atoms with E-state index in [0.29, 0.717) is 12.5 Å². The Bertz CT molecular complexity index is 715. The van der Waals surface area contributed by atoms with E-state index in [0.717, 1.165) is 29.5 Å². The van der Waals surface area contributed by atoms with Crippen LogP contribution in [-0.4, -0.2) is 12.6 Å². The highest BCUT2D eigenvalue weighted by atomic mass is 16.5. The van der Waals surface area contributed by atoms with Crippen molar-refractivity contribution in [3.8, 4) is 5.75 Å². The van der Waals surface area contributed by atoms with Gasteiger partial charge >= 0.3 is 0 Å². The summed E-state index contributed by atoms with van der Waals surface area (Å²) in [6.07, 6.45) is 2.57. The van der Waals surface area contributed by atoms with Gasteiger partial charge in [0, 0.05) is 11.3 Å². The molecule has 4 nitrogen and oxygen atoms in total. The second-order valence-electron chi connectivity index (χ2n) is 6.56. The Morgan fingerprint density at radius 1 is 1.17 bits per heavy atom. The average Bonchev–Trinajstić information content (AvgIpc) is 3.35. The summed E-state index contributed by atoms with van der Waals surface area (Å²) in [5.74, 6) is 2.06. The van der Waals surface area contributed by atoms with Crippen molar-refractivity contribution in [2.45, 2.75) is 33.2 Å². The number of nitrogens with one attached hydrogen (secondary N) is 1. The van der Waals surface area contributed by atoms with Crippen LogP contribution in [0.4, 0.5) is 5.69 Å². The molecule has 0 heterocycles. The summed E-state index contributed by atoms with van der Waals surface area (Å²) in [4.78, 5) is 4.46. The van der Waals surface area contributed by atoms with Gasteiger partial charge in [-0.05, 0) is 61.9 Å². The lowest BCUT2D eigenvalue weighted by molar-refractivity contribution is 0.297. The number of guanidine groups is 1. The molecule has 24 heavy (non-hydrogen) atoms. The second kappa shape index (κ2) is 7.39. The Balaban J connectivity index is 1.63. The summed E-state index contributed by atoms with van der Waals surface area (Å²) in [7, 11) is 0. The van der Waals surface area contributed by atoms with Gasteiger partial charge in [-0.3, -0.25) is 0 Å². The fourth-order valence-electron chi connectivity index (χ4n) is 2.67. The molecule has 0 amide bonds. The highest BCUT2D eigenvalue weighted by molar-refractivity contribution is 5.92. The third-order valence-corrected chi connectivity index (χ3v) is 4.06. The Hall–Kier alpha value is -2.49. The number of hydrogen-bond acceptors (Lipinski definition) is 2. The predicted molar refractivity (Wildman–Crippen MR) is 99.5 cm³/mol. The van der Waals surface area contributed by atoms with Crippen molar-refractivity contribution in [2.24, 2.45) is 16.6 Å². The van der Waals surface area contributed by atoms with E-state index >= 15 is 0 Å². The average molecular weight is 323 g/mol. The van der Waals surface area contributed by atoms with Gasteiger partial charge in [-0.2, -0.15) is 0 Å². The molecule has 0 aromatic heterocycles. The fraction of sp³-hybridized carbons (Fsp3) is 0.350. The van der Waals surface area contributed by atoms with Crippen molar-refractivity contribution in [1.29, 1.82) is 0 Å². The van der Waals surface area contributed by atoms with Gasteiger partial charge in [0.15, 0.2) is 5.96 Å². The van der Waals surface area contributed by atoms with Crippen molar-refractivity contribution in [3.63, 3.8) is 0 Å². The molecule has 126 valence electrons. The van der Waals surface area contributed by atoms with E-state index in [1.807, 2.05) is 24.3 Å². The van der Waals surface area contributed by atoms with Crippen molar-refractivity contribution >= 4 is 11.6 Å². The Kier molecular flexibility index (Phi) is 5.04. The van der Waals surface area contributed by atoms with Crippen LogP contribution in [0.2, 0.25) is 0 Å². The van der Waals surface area contributed by atoms with E-state index in [4.69, 9.17) is 10.5 Å². The molecule has 1 aliphatic rings. The Morgan fingerprint density at radius 3 is 2.58 bits per heavy atom. The van der Waals surface area contributed by atoms with Crippen molar-refractivity contribution < 1.29 is 4.74 Å². The van der Waals surface area contributed by atoms with Crippen LogP contribution in [-0.2, 0) is 6.54 Å². The number of anilines is 1. The Morgan fingerprint density at radius 2 is 1.88 bits per heavy atom. The van der Waals surface area contributed by atoms with Gasteiger partial charge in [0.1, 0.15) is 5.75 Å². The molecule has 0 atom stereocenters. The molecule has 1 saturated carbocycles.